The Labute approximate surface area is 68.4 Å². The Kier molecular flexibility index (Phi) is 1.86. The lowest BCUT2D eigenvalue weighted by molar-refractivity contribution is 0.324. The highest BCUT2D eigenvalue weighted by Gasteiger charge is 2.08. The van der Waals surface area contributed by atoms with Crippen molar-refractivity contribution >= 4 is 23.1 Å². The predicted molar refractivity (Wildman–Crippen MR) is 45.2 cm³/mol. The molecule has 0 amide bonds. The first-order valence-electron chi connectivity index (χ1n) is 3.30. The number of rotatable bonds is 0. The van der Waals surface area contributed by atoms with E-state index in [1.54, 1.807) is 11.3 Å². The molecule has 0 bridgehead atoms. The van der Waals surface area contributed by atoms with Crippen molar-refractivity contribution in [1.29, 1.82) is 0 Å². The van der Waals surface area contributed by atoms with E-state index in [9.17, 15) is 0 Å². The van der Waals surface area contributed by atoms with Crippen LogP contribution in [0.4, 0.5) is 0 Å². The van der Waals surface area contributed by atoms with Gasteiger partial charge in [0.25, 0.3) is 0 Å². The Morgan fingerprint density at radius 2 is 2.50 bits per heavy atom. The fourth-order valence-electron chi connectivity index (χ4n) is 0.902. The zero-order chi connectivity index (χ0) is 6.81. The Morgan fingerprint density at radius 1 is 1.50 bits per heavy atom. The van der Waals surface area contributed by atoms with Gasteiger partial charge in [-0.25, -0.2) is 0 Å². The van der Waals surface area contributed by atoms with Crippen LogP contribution in [0.5, 0.6) is 5.06 Å². The van der Waals surface area contributed by atoms with Crippen molar-refractivity contribution in [3.05, 3.63) is 11.4 Å². The van der Waals surface area contributed by atoms with Gasteiger partial charge in [0.1, 0.15) is 0 Å². The molecule has 2 rings (SSSR count). The predicted octanol–water partition coefficient (Wildman–Crippen LogP) is 2.62. The molecule has 0 radical (unpaired) electrons. The van der Waals surface area contributed by atoms with Crippen molar-refractivity contribution in [2.75, 3.05) is 12.4 Å². The van der Waals surface area contributed by atoms with Crippen molar-refractivity contribution in [2.24, 2.45) is 0 Å². The molecule has 1 aliphatic heterocycles. The van der Waals surface area contributed by atoms with E-state index in [0.717, 1.165) is 11.7 Å². The molecule has 0 saturated heterocycles. The number of thioether (sulfide) groups is 1. The van der Waals surface area contributed by atoms with Gasteiger partial charge >= 0.3 is 0 Å². The third-order valence-corrected chi connectivity index (χ3v) is 3.45. The second kappa shape index (κ2) is 2.84. The van der Waals surface area contributed by atoms with Gasteiger partial charge in [-0.15, -0.1) is 23.1 Å². The van der Waals surface area contributed by atoms with Crippen molar-refractivity contribution in [1.82, 2.24) is 0 Å². The topological polar surface area (TPSA) is 9.23 Å². The molecule has 1 aliphatic rings. The summed E-state index contributed by atoms with van der Waals surface area (Å²) < 4.78 is 5.49. The van der Waals surface area contributed by atoms with Gasteiger partial charge in [0, 0.05) is 5.75 Å². The highest BCUT2D eigenvalue weighted by atomic mass is 32.2. The van der Waals surface area contributed by atoms with E-state index in [-0.39, 0.29) is 0 Å². The van der Waals surface area contributed by atoms with Crippen LogP contribution in [0.25, 0.3) is 0 Å². The lowest BCUT2D eigenvalue weighted by Crippen LogP contribution is -1.93. The van der Waals surface area contributed by atoms with Gasteiger partial charge < -0.3 is 4.74 Å². The van der Waals surface area contributed by atoms with Crippen LogP contribution in [0, 0.1) is 0 Å². The minimum Gasteiger partial charge on any atom is -0.483 e. The maximum absolute atomic E-state index is 5.49. The maximum atomic E-state index is 5.49. The van der Waals surface area contributed by atoms with Crippen LogP contribution < -0.4 is 4.74 Å². The molecule has 0 aromatic carbocycles. The zero-order valence-electron chi connectivity index (χ0n) is 5.50. The fourth-order valence-corrected chi connectivity index (χ4v) is 2.80. The van der Waals surface area contributed by atoms with E-state index in [0.29, 0.717) is 0 Å². The summed E-state index contributed by atoms with van der Waals surface area (Å²) in [6.07, 6.45) is 1.17. The molecule has 0 atom stereocenters. The number of hydrogen-bond donors (Lipinski definition) is 0. The van der Waals surface area contributed by atoms with Gasteiger partial charge in [-0.3, -0.25) is 0 Å². The third kappa shape index (κ3) is 1.16. The molecule has 1 aromatic rings. The van der Waals surface area contributed by atoms with Crippen molar-refractivity contribution in [2.45, 2.75) is 11.3 Å². The second-order valence-corrected chi connectivity index (χ2v) is 4.14. The van der Waals surface area contributed by atoms with Gasteiger partial charge in [-0.1, -0.05) is 0 Å². The van der Waals surface area contributed by atoms with Crippen molar-refractivity contribution in [3.8, 4) is 5.06 Å². The van der Waals surface area contributed by atoms with Gasteiger partial charge in [0.15, 0.2) is 5.06 Å². The van der Waals surface area contributed by atoms with E-state index in [1.165, 1.54) is 17.1 Å². The normalized spacial score (nSPS) is 17.2. The Bertz CT molecular complexity index is 199. The first-order valence-corrected chi connectivity index (χ1v) is 5.16. The van der Waals surface area contributed by atoms with E-state index < -0.39 is 0 Å². The molecule has 0 saturated carbocycles. The maximum Gasteiger partial charge on any atom is 0.187 e. The standard InChI is InChI=1S/C7H8OS2/c1-3-8-7-6(9-4-1)2-5-10-7/h2,5H,1,3-4H2. The van der Waals surface area contributed by atoms with Crippen LogP contribution in [-0.4, -0.2) is 12.4 Å². The minimum absolute atomic E-state index is 0.889. The van der Waals surface area contributed by atoms with Crippen LogP contribution in [0.1, 0.15) is 6.42 Å². The van der Waals surface area contributed by atoms with Crippen LogP contribution >= 0.6 is 23.1 Å². The van der Waals surface area contributed by atoms with Crippen molar-refractivity contribution in [3.63, 3.8) is 0 Å². The molecule has 0 unspecified atom stereocenters. The molecule has 0 N–H and O–H groups in total. The lowest BCUT2D eigenvalue weighted by atomic mass is 10.5. The van der Waals surface area contributed by atoms with Crippen LogP contribution in [0.2, 0.25) is 0 Å². The van der Waals surface area contributed by atoms with Crippen molar-refractivity contribution < 1.29 is 4.74 Å². The largest absolute Gasteiger partial charge is 0.483 e. The SMILES string of the molecule is c1cc2c(s1)OCCCS2. The van der Waals surface area contributed by atoms with Gasteiger partial charge in [-0.05, 0) is 17.9 Å². The molecule has 54 valence electrons. The average Bonchev–Trinajstić information content (AvgIpc) is 2.28. The summed E-state index contributed by atoms with van der Waals surface area (Å²) in [5.41, 5.74) is 0. The quantitative estimate of drug-likeness (QED) is 0.595. The number of fused-ring (bicyclic) bond motifs is 1. The summed E-state index contributed by atoms with van der Waals surface area (Å²) in [4.78, 5) is 1.32. The molecule has 0 fully saturated rings. The highest BCUT2D eigenvalue weighted by Crippen LogP contribution is 2.36. The van der Waals surface area contributed by atoms with E-state index in [1.807, 2.05) is 11.8 Å². The second-order valence-electron chi connectivity index (χ2n) is 2.12. The fraction of sp³-hybridized carbons (Fsp3) is 0.429. The molecule has 2 heterocycles. The lowest BCUT2D eigenvalue weighted by Gasteiger charge is -1.96. The number of hydrogen-bond acceptors (Lipinski definition) is 3. The highest BCUT2D eigenvalue weighted by molar-refractivity contribution is 7.99. The smallest absolute Gasteiger partial charge is 0.187 e. The van der Waals surface area contributed by atoms with E-state index in [4.69, 9.17) is 4.74 Å². The Hall–Kier alpha value is -0.150. The summed E-state index contributed by atoms with van der Waals surface area (Å²) in [5.74, 6) is 1.20. The summed E-state index contributed by atoms with van der Waals surface area (Å²) >= 11 is 3.60. The molecular formula is C7H8OS2. The molecule has 1 aromatic heterocycles. The molecule has 1 nitrogen and oxygen atoms in total. The van der Waals surface area contributed by atoms with Crippen LogP contribution in [0.15, 0.2) is 16.3 Å². The molecular weight excluding hydrogens is 164 g/mol. The summed E-state index contributed by atoms with van der Waals surface area (Å²) in [6, 6.07) is 2.13. The summed E-state index contributed by atoms with van der Waals surface area (Å²) in [7, 11) is 0. The molecule has 3 heteroatoms. The monoisotopic (exact) mass is 172 g/mol. The first-order chi connectivity index (χ1) is 4.97. The minimum atomic E-state index is 0.889. The summed E-state index contributed by atoms with van der Waals surface area (Å²) in [6.45, 7) is 0.889. The summed E-state index contributed by atoms with van der Waals surface area (Å²) in [5, 5.41) is 3.20. The molecule has 0 aliphatic carbocycles. The average molecular weight is 172 g/mol. The zero-order valence-corrected chi connectivity index (χ0v) is 7.13. The van der Waals surface area contributed by atoms with E-state index in [2.05, 4.69) is 11.4 Å². The van der Waals surface area contributed by atoms with Crippen LogP contribution in [0.3, 0.4) is 0 Å². The molecule has 0 spiro atoms. The van der Waals surface area contributed by atoms with E-state index >= 15 is 0 Å². The third-order valence-electron chi connectivity index (χ3n) is 1.38. The van der Waals surface area contributed by atoms with Gasteiger partial charge in [-0.2, -0.15) is 0 Å². The first kappa shape index (κ1) is 6.55. The Balaban J connectivity index is 2.28. The number of thiophene rings is 1. The van der Waals surface area contributed by atoms with Gasteiger partial charge in [0.05, 0.1) is 11.5 Å². The van der Waals surface area contributed by atoms with Gasteiger partial charge in [0.2, 0.25) is 0 Å². The number of ether oxygens (including phenoxy) is 1. The molecule has 10 heavy (non-hydrogen) atoms. The van der Waals surface area contributed by atoms with Crippen LogP contribution in [-0.2, 0) is 0 Å². The Morgan fingerprint density at radius 3 is 3.50 bits per heavy atom.